The Balaban J connectivity index is 1.72. The van der Waals surface area contributed by atoms with Crippen LogP contribution in [0.25, 0.3) is 5.69 Å². The van der Waals surface area contributed by atoms with Crippen LogP contribution < -0.4 is 0 Å². The summed E-state index contributed by atoms with van der Waals surface area (Å²) in [5.74, 6) is -0.0774. The SMILES string of the molecule is Cc1ccc(-n2nnn(C3CC(=O)C4OCC3O4)c2=S)cc1C. The second-order valence-corrected chi connectivity index (χ2v) is 6.33. The summed E-state index contributed by atoms with van der Waals surface area (Å²) in [5, 5.41) is 8.31. The van der Waals surface area contributed by atoms with Crippen LogP contribution in [-0.4, -0.2) is 44.6 Å². The highest BCUT2D eigenvalue weighted by Gasteiger charge is 2.45. The molecule has 1 aromatic carbocycles. The second kappa shape index (κ2) is 5.33. The highest BCUT2D eigenvalue weighted by atomic mass is 32.1. The fraction of sp³-hybridized carbons (Fsp3) is 0.467. The largest absolute Gasteiger partial charge is 0.343 e. The number of ether oxygens (including phenoxy) is 2. The summed E-state index contributed by atoms with van der Waals surface area (Å²) in [6.07, 6.45) is -0.635. The maximum atomic E-state index is 12.0. The Hall–Kier alpha value is -1.90. The summed E-state index contributed by atoms with van der Waals surface area (Å²) in [5.41, 5.74) is 3.21. The van der Waals surface area contributed by atoms with Gasteiger partial charge in [-0.25, -0.2) is 4.68 Å². The van der Waals surface area contributed by atoms with Gasteiger partial charge in [0.1, 0.15) is 6.10 Å². The second-order valence-electron chi connectivity index (χ2n) is 5.96. The third-order valence-electron chi connectivity index (χ3n) is 4.46. The van der Waals surface area contributed by atoms with Gasteiger partial charge in [0.2, 0.25) is 11.1 Å². The number of aromatic nitrogens is 4. The lowest BCUT2D eigenvalue weighted by molar-refractivity contribution is -0.156. The Morgan fingerprint density at radius 1 is 1.26 bits per heavy atom. The molecule has 0 aliphatic carbocycles. The van der Waals surface area contributed by atoms with Gasteiger partial charge in [-0.15, -0.1) is 0 Å². The lowest BCUT2D eigenvalue weighted by Crippen LogP contribution is -2.37. The van der Waals surface area contributed by atoms with Crippen LogP contribution in [0.2, 0.25) is 0 Å². The molecule has 3 unspecified atom stereocenters. The molecule has 120 valence electrons. The van der Waals surface area contributed by atoms with E-state index in [1.807, 2.05) is 25.1 Å². The first kappa shape index (κ1) is 14.7. The Bertz CT molecular complexity index is 843. The molecule has 3 atom stereocenters. The number of benzene rings is 1. The highest BCUT2D eigenvalue weighted by Crippen LogP contribution is 2.32. The molecule has 2 aliphatic rings. The summed E-state index contributed by atoms with van der Waals surface area (Å²) in [7, 11) is 0. The molecule has 2 bridgehead atoms. The monoisotopic (exact) mass is 332 g/mol. The van der Waals surface area contributed by atoms with E-state index in [9.17, 15) is 4.79 Å². The van der Waals surface area contributed by atoms with Crippen LogP contribution in [0.5, 0.6) is 0 Å². The number of carbonyl (C=O) groups excluding carboxylic acids is 1. The number of carbonyl (C=O) groups is 1. The predicted molar refractivity (Wildman–Crippen MR) is 82.9 cm³/mol. The van der Waals surface area contributed by atoms with Crippen molar-refractivity contribution in [3.05, 3.63) is 34.1 Å². The van der Waals surface area contributed by atoms with E-state index in [0.29, 0.717) is 17.8 Å². The lowest BCUT2D eigenvalue weighted by Gasteiger charge is -2.25. The van der Waals surface area contributed by atoms with Crippen LogP contribution in [0.3, 0.4) is 0 Å². The first-order valence-corrected chi connectivity index (χ1v) is 7.87. The maximum Gasteiger partial charge on any atom is 0.221 e. The van der Waals surface area contributed by atoms with Crippen molar-refractivity contribution in [2.75, 3.05) is 6.61 Å². The molecule has 4 rings (SSSR count). The van der Waals surface area contributed by atoms with E-state index in [0.717, 1.165) is 11.3 Å². The molecule has 1 aromatic heterocycles. The van der Waals surface area contributed by atoms with E-state index in [4.69, 9.17) is 21.7 Å². The van der Waals surface area contributed by atoms with Crippen molar-refractivity contribution in [1.82, 2.24) is 19.8 Å². The quantitative estimate of drug-likeness (QED) is 0.779. The summed E-state index contributed by atoms with van der Waals surface area (Å²) in [6, 6.07) is 5.72. The summed E-state index contributed by atoms with van der Waals surface area (Å²) in [4.78, 5) is 12.0. The van der Waals surface area contributed by atoms with E-state index in [2.05, 4.69) is 17.4 Å². The van der Waals surface area contributed by atoms with E-state index in [1.165, 1.54) is 5.56 Å². The average molecular weight is 332 g/mol. The van der Waals surface area contributed by atoms with Gasteiger partial charge >= 0.3 is 0 Å². The molecule has 0 spiro atoms. The zero-order valence-electron chi connectivity index (χ0n) is 12.8. The zero-order chi connectivity index (χ0) is 16.1. The van der Waals surface area contributed by atoms with Crippen LogP contribution in [0, 0.1) is 18.6 Å². The molecule has 8 heteroatoms. The highest BCUT2D eigenvalue weighted by molar-refractivity contribution is 7.71. The van der Waals surface area contributed by atoms with Crippen molar-refractivity contribution < 1.29 is 14.3 Å². The van der Waals surface area contributed by atoms with Crippen molar-refractivity contribution in [3.63, 3.8) is 0 Å². The van der Waals surface area contributed by atoms with Crippen LogP contribution in [0.1, 0.15) is 23.6 Å². The van der Waals surface area contributed by atoms with Gasteiger partial charge in [-0.3, -0.25) is 4.79 Å². The molecule has 0 amide bonds. The van der Waals surface area contributed by atoms with Gasteiger partial charge < -0.3 is 9.47 Å². The molecule has 2 fully saturated rings. The maximum absolute atomic E-state index is 12.0. The van der Waals surface area contributed by atoms with Crippen LogP contribution >= 0.6 is 12.2 Å². The summed E-state index contributed by atoms with van der Waals surface area (Å²) < 4.78 is 14.5. The first-order valence-electron chi connectivity index (χ1n) is 7.46. The average Bonchev–Trinajstić information content (AvgIpc) is 3.12. The molecule has 0 saturated carbocycles. The van der Waals surface area contributed by atoms with Crippen molar-refractivity contribution in [3.8, 4) is 5.69 Å². The van der Waals surface area contributed by atoms with Crippen LogP contribution in [-0.2, 0) is 14.3 Å². The van der Waals surface area contributed by atoms with E-state index >= 15 is 0 Å². The lowest BCUT2D eigenvalue weighted by atomic mass is 10.0. The van der Waals surface area contributed by atoms with Crippen LogP contribution in [0.4, 0.5) is 0 Å². The smallest absolute Gasteiger partial charge is 0.221 e. The number of aryl methyl sites for hydroxylation is 2. The number of nitrogens with zero attached hydrogens (tertiary/aromatic N) is 4. The van der Waals surface area contributed by atoms with Crippen molar-refractivity contribution in [2.24, 2.45) is 0 Å². The number of tetrazole rings is 1. The predicted octanol–water partition coefficient (Wildman–Crippen LogP) is 1.67. The Kier molecular flexibility index (Phi) is 3.40. The first-order chi connectivity index (χ1) is 11.0. The van der Waals surface area contributed by atoms with Gasteiger partial charge in [0.15, 0.2) is 5.78 Å². The molecule has 2 saturated heterocycles. The topological polar surface area (TPSA) is 71.2 Å². The minimum Gasteiger partial charge on any atom is -0.343 e. The Labute approximate surface area is 137 Å². The number of ketones is 1. The van der Waals surface area contributed by atoms with Gasteiger partial charge in [-0.2, -0.15) is 4.68 Å². The normalized spacial score (nSPS) is 26.7. The third-order valence-corrected chi connectivity index (χ3v) is 4.82. The minimum atomic E-state index is -0.722. The number of Topliss-reactive ketones (excluding diaryl/α,β-unsaturated/α-hetero) is 1. The molecule has 2 aromatic rings. The fourth-order valence-corrected chi connectivity index (χ4v) is 3.27. The number of hydrogen-bond donors (Lipinski definition) is 0. The molecule has 0 N–H and O–H groups in total. The van der Waals surface area contributed by atoms with E-state index in [-0.39, 0.29) is 17.9 Å². The molecular formula is C15H16N4O3S. The number of fused-ring (bicyclic) bond motifs is 2. The van der Waals surface area contributed by atoms with Crippen molar-refractivity contribution in [1.29, 1.82) is 0 Å². The fourth-order valence-electron chi connectivity index (χ4n) is 2.95. The van der Waals surface area contributed by atoms with Crippen LogP contribution in [0.15, 0.2) is 18.2 Å². The molecule has 2 aliphatic heterocycles. The minimum absolute atomic E-state index is 0.0774. The molecule has 3 heterocycles. The van der Waals surface area contributed by atoms with Gasteiger partial charge in [0.25, 0.3) is 0 Å². The van der Waals surface area contributed by atoms with Crippen molar-refractivity contribution >= 4 is 18.0 Å². The standard InChI is InChI=1S/C15H16N4O3S/c1-8-3-4-10(5-9(8)2)18-15(23)19(17-16-18)11-6-12(20)14-21-7-13(11)22-14/h3-5,11,13-14H,6-7H2,1-2H3. The molecule has 23 heavy (non-hydrogen) atoms. The number of hydrogen-bond acceptors (Lipinski definition) is 6. The molecule has 0 radical (unpaired) electrons. The van der Waals surface area contributed by atoms with Gasteiger partial charge in [0.05, 0.1) is 18.3 Å². The van der Waals surface area contributed by atoms with E-state index < -0.39 is 6.29 Å². The van der Waals surface area contributed by atoms with Crippen molar-refractivity contribution in [2.45, 2.75) is 38.7 Å². The number of rotatable bonds is 2. The molecular weight excluding hydrogens is 316 g/mol. The van der Waals surface area contributed by atoms with Gasteiger partial charge in [-0.1, -0.05) is 6.07 Å². The Morgan fingerprint density at radius 3 is 2.87 bits per heavy atom. The summed E-state index contributed by atoms with van der Waals surface area (Å²) >= 11 is 5.51. The Morgan fingerprint density at radius 2 is 2.09 bits per heavy atom. The van der Waals surface area contributed by atoms with Gasteiger partial charge in [-0.05, 0) is 59.8 Å². The zero-order valence-corrected chi connectivity index (χ0v) is 13.6. The third kappa shape index (κ3) is 2.34. The summed E-state index contributed by atoms with van der Waals surface area (Å²) in [6.45, 7) is 4.46. The van der Waals surface area contributed by atoms with E-state index in [1.54, 1.807) is 9.36 Å². The molecule has 7 nitrogen and oxygen atoms in total. The van der Waals surface area contributed by atoms with Gasteiger partial charge in [0, 0.05) is 6.42 Å².